The van der Waals surface area contributed by atoms with Gasteiger partial charge in [0, 0.05) is 3.57 Å². The van der Waals surface area contributed by atoms with Gasteiger partial charge in [0.05, 0.1) is 0 Å². The Kier molecular flexibility index (Phi) is 5.74. The average molecular weight is 401 g/mol. The molecule has 0 saturated carbocycles. The summed E-state index contributed by atoms with van der Waals surface area (Å²) in [4.78, 5) is 3.91. The molecule has 0 aromatic heterocycles. The fourth-order valence-corrected chi connectivity index (χ4v) is 1.87. The van der Waals surface area contributed by atoms with Gasteiger partial charge in [0.25, 0.3) is 0 Å². The molecule has 1 N–H and O–H groups in total. The number of thioether (sulfide) groups is 1. The first-order chi connectivity index (χ1) is 8.85. The van der Waals surface area contributed by atoms with E-state index in [2.05, 4.69) is 15.0 Å². The van der Waals surface area contributed by atoms with Gasteiger partial charge in [-0.25, -0.2) is 4.99 Å². The van der Waals surface area contributed by atoms with E-state index < -0.39 is 12.1 Å². The lowest BCUT2D eigenvalue weighted by atomic mass is 10.3. The molecule has 19 heavy (non-hydrogen) atoms. The zero-order valence-corrected chi connectivity index (χ0v) is 12.4. The normalized spacial score (nSPS) is 11.9. The number of rotatable bonds is 2. The number of alkyl halides is 3. The Morgan fingerprint density at radius 1 is 1.53 bits per heavy atom. The first-order valence-corrected chi connectivity index (χ1v) is 6.99. The molecule has 0 aliphatic heterocycles. The van der Waals surface area contributed by atoms with Gasteiger partial charge in [-0.05, 0) is 47.0 Å². The van der Waals surface area contributed by atoms with Crippen LogP contribution in [0.1, 0.15) is 0 Å². The summed E-state index contributed by atoms with van der Waals surface area (Å²) in [5.74, 6) is -0.411. The monoisotopic (exact) mass is 401 g/mol. The molecular formula is C10H7F3IN3OS. The summed E-state index contributed by atoms with van der Waals surface area (Å²) in [6.07, 6.45) is -1.50. The quantitative estimate of drug-likeness (QED) is 0.271. The number of aliphatic imine (C=N–C) groups is 1. The van der Waals surface area contributed by atoms with E-state index in [-0.39, 0.29) is 10.9 Å². The Morgan fingerprint density at radius 2 is 2.21 bits per heavy atom. The summed E-state index contributed by atoms with van der Waals surface area (Å²) < 4.78 is 41.3. The van der Waals surface area contributed by atoms with E-state index in [1.54, 1.807) is 18.5 Å². The van der Waals surface area contributed by atoms with Gasteiger partial charge >= 0.3 is 6.36 Å². The first kappa shape index (κ1) is 15.9. The van der Waals surface area contributed by atoms with Gasteiger partial charge in [-0.3, -0.25) is 5.32 Å². The number of benzene rings is 1. The molecule has 1 aromatic carbocycles. The Morgan fingerprint density at radius 3 is 2.74 bits per heavy atom. The van der Waals surface area contributed by atoms with Crippen LogP contribution in [0.15, 0.2) is 23.2 Å². The van der Waals surface area contributed by atoms with Crippen LogP contribution in [0.2, 0.25) is 0 Å². The summed E-state index contributed by atoms with van der Waals surface area (Å²) in [5.41, 5.74) is -0.00941. The van der Waals surface area contributed by atoms with Gasteiger partial charge in [0.2, 0.25) is 0 Å². The van der Waals surface area contributed by atoms with Crippen molar-refractivity contribution in [3.63, 3.8) is 0 Å². The topological polar surface area (TPSA) is 57.4 Å². The van der Waals surface area contributed by atoms with Crippen LogP contribution < -0.4 is 10.1 Å². The Bertz CT molecular complexity index is 528. The number of hydrogen-bond acceptors (Lipinski definition) is 4. The Labute approximate surface area is 125 Å². The van der Waals surface area contributed by atoms with Crippen molar-refractivity contribution in [3.05, 3.63) is 21.8 Å². The van der Waals surface area contributed by atoms with Crippen molar-refractivity contribution in [2.75, 3.05) is 6.26 Å². The molecule has 0 spiro atoms. The highest BCUT2D eigenvalue weighted by molar-refractivity contribution is 14.1. The van der Waals surface area contributed by atoms with E-state index in [4.69, 9.17) is 5.26 Å². The van der Waals surface area contributed by atoms with Crippen LogP contribution in [0, 0.1) is 15.0 Å². The van der Waals surface area contributed by atoms with Crippen molar-refractivity contribution in [3.8, 4) is 11.9 Å². The van der Waals surface area contributed by atoms with Gasteiger partial charge in [0.1, 0.15) is 5.69 Å². The van der Waals surface area contributed by atoms with E-state index >= 15 is 0 Å². The molecule has 102 valence electrons. The van der Waals surface area contributed by atoms with Crippen LogP contribution in [-0.4, -0.2) is 17.8 Å². The van der Waals surface area contributed by atoms with Crippen molar-refractivity contribution < 1.29 is 17.9 Å². The SMILES string of the molecule is CSC(=Nc1ccc(I)cc1OC(F)(F)F)NC#N. The van der Waals surface area contributed by atoms with Gasteiger partial charge in [-0.15, -0.1) is 13.2 Å². The smallest absolute Gasteiger partial charge is 0.403 e. The Balaban J connectivity index is 3.16. The second-order valence-electron chi connectivity index (χ2n) is 3.02. The molecule has 0 atom stereocenters. The highest BCUT2D eigenvalue weighted by atomic mass is 127. The number of hydrogen-bond donors (Lipinski definition) is 1. The maximum atomic E-state index is 12.3. The van der Waals surface area contributed by atoms with Crippen molar-refractivity contribution in [2.45, 2.75) is 6.36 Å². The van der Waals surface area contributed by atoms with E-state index in [0.717, 1.165) is 11.8 Å². The fourth-order valence-electron chi connectivity index (χ4n) is 1.07. The number of amidine groups is 1. The number of nitrogens with one attached hydrogen (secondary N) is 1. The molecule has 0 bridgehead atoms. The van der Waals surface area contributed by atoms with E-state index in [1.165, 1.54) is 12.1 Å². The van der Waals surface area contributed by atoms with Gasteiger partial charge in [-0.2, -0.15) is 5.26 Å². The molecular weight excluding hydrogens is 394 g/mol. The minimum atomic E-state index is -4.79. The highest BCUT2D eigenvalue weighted by Crippen LogP contribution is 2.34. The second kappa shape index (κ2) is 6.85. The molecule has 0 fully saturated rings. The summed E-state index contributed by atoms with van der Waals surface area (Å²) in [6.45, 7) is 0. The molecule has 9 heteroatoms. The molecule has 1 aromatic rings. The number of halogens is 4. The second-order valence-corrected chi connectivity index (χ2v) is 5.06. The minimum absolute atomic E-state index is 0.00941. The summed E-state index contributed by atoms with van der Waals surface area (Å²) in [5, 5.41) is 10.9. The third-order valence-electron chi connectivity index (χ3n) is 1.73. The van der Waals surface area contributed by atoms with E-state index in [0.29, 0.717) is 3.57 Å². The zero-order chi connectivity index (χ0) is 14.5. The largest absolute Gasteiger partial charge is 0.573 e. The molecule has 0 amide bonds. The van der Waals surface area contributed by atoms with E-state index in [9.17, 15) is 13.2 Å². The van der Waals surface area contributed by atoms with Gasteiger partial charge < -0.3 is 4.74 Å². The third kappa shape index (κ3) is 5.56. The maximum Gasteiger partial charge on any atom is 0.573 e. The van der Waals surface area contributed by atoms with Crippen molar-refractivity contribution in [1.82, 2.24) is 5.32 Å². The zero-order valence-electron chi connectivity index (χ0n) is 9.45. The predicted molar refractivity (Wildman–Crippen MR) is 75.2 cm³/mol. The van der Waals surface area contributed by atoms with E-state index in [1.807, 2.05) is 22.6 Å². The molecule has 0 aliphatic carbocycles. The van der Waals surface area contributed by atoms with Crippen LogP contribution in [0.5, 0.6) is 5.75 Å². The third-order valence-corrected chi connectivity index (χ3v) is 2.98. The van der Waals surface area contributed by atoms with Crippen molar-refractivity contribution in [2.24, 2.45) is 4.99 Å². The molecule has 0 radical (unpaired) electrons. The van der Waals surface area contributed by atoms with Gasteiger partial charge in [0.15, 0.2) is 17.1 Å². The molecule has 4 nitrogen and oxygen atoms in total. The summed E-state index contributed by atoms with van der Waals surface area (Å²) >= 11 is 2.96. The molecule has 0 saturated heterocycles. The lowest BCUT2D eigenvalue weighted by Gasteiger charge is -2.11. The number of nitrogens with zero attached hydrogens (tertiary/aromatic N) is 2. The fraction of sp³-hybridized carbons (Fsp3) is 0.200. The first-order valence-electron chi connectivity index (χ1n) is 4.69. The standard InChI is InChI=1S/C10H7F3IN3OS/c1-19-9(16-5-15)17-7-3-2-6(14)4-8(7)18-10(11,12)13/h2-4H,1H3,(H,16,17). The molecule has 1 rings (SSSR count). The van der Waals surface area contributed by atoms with Crippen LogP contribution >= 0.6 is 34.4 Å². The van der Waals surface area contributed by atoms with Crippen LogP contribution in [0.4, 0.5) is 18.9 Å². The van der Waals surface area contributed by atoms with Crippen molar-refractivity contribution in [1.29, 1.82) is 5.26 Å². The lowest BCUT2D eigenvalue weighted by molar-refractivity contribution is -0.274. The van der Waals surface area contributed by atoms with Crippen LogP contribution in [-0.2, 0) is 0 Å². The summed E-state index contributed by atoms with van der Waals surface area (Å²) in [7, 11) is 0. The molecule has 0 aliphatic rings. The van der Waals surface area contributed by atoms with Crippen LogP contribution in [0.3, 0.4) is 0 Å². The van der Waals surface area contributed by atoms with Crippen molar-refractivity contribution >= 4 is 45.2 Å². The summed E-state index contributed by atoms with van der Waals surface area (Å²) in [6, 6.07) is 4.20. The highest BCUT2D eigenvalue weighted by Gasteiger charge is 2.32. The predicted octanol–water partition coefficient (Wildman–Crippen LogP) is 3.61. The lowest BCUT2D eigenvalue weighted by Crippen LogP contribution is -2.17. The maximum absolute atomic E-state index is 12.3. The Hall–Kier alpha value is -1.15. The van der Waals surface area contributed by atoms with Crippen LogP contribution in [0.25, 0.3) is 0 Å². The number of nitriles is 1. The average Bonchev–Trinajstić information content (AvgIpc) is 2.29. The van der Waals surface area contributed by atoms with Gasteiger partial charge in [-0.1, -0.05) is 11.8 Å². The minimum Gasteiger partial charge on any atom is -0.403 e. The molecule has 0 unspecified atom stereocenters. The number of ether oxygens (including phenoxy) is 1. The molecule has 0 heterocycles.